The second-order valence-electron chi connectivity index (χ2n) is 14.1. The van der Waals surface area contributed by atoms with E-state index in [1.165, 1.54) is 54.8 Å². The number of aromatic nitrogens is 3. The largest absolute Gasteiger partial charge is 0.456 e. The van der Waals surface area contributed by atoms with E-state index in [1.54, 1.807) is 0 Å². The summed E-state index contributed by atoms with van der Waals surface area (Å²) in [7, 11) is 0. The highest BCUT2D eigenvalue weighted by Crippen LogP contribution is 2.56. The van der Waals surface area contributed by atoms with Gasteiger partial charge in [0.25, 0.3) is 0 Å². The van der Waals surface area contributed by atoms with Crippen LogP contribution in [0.3, 0.4) is 0 Å². The molecule has 0 radical (unpaired) electrons. The zero-order valence-corrected chi connectivity index (χ0v) is 28.2. The van der Waals surface area contributed by atoms with Gasteiger partial charge in [-0.05, 0) is 76.9 Å². The Bertz CT molecular complexity index is 3040. The smallest absolute Gasteiger partial charge is 0.160 e. The van der Waals surface area contributed by atoms with Crippen LogP contribution in [0.4, 0.5) is 0 Å². The van der Waals surface area contributed by atoms with Crippen LogP contribution in [0.15, 0.2) is 156 Å². The van der Waals surface area contributed by atoms with Gasteiger partial charge >= 0.3 is 0 Å². The summed E-state index contributed by atoms with van der Waals surface area (Å²) in [6, 6.07) is 53.6. The van der Waals surface area contributed by atoms with Crippen molar-refractivity contribution in [2.45, 2.75) is 19.3 Å². The number of hydrogen-bond donors (Lipinski definition) is 0. The second kappa shape index (κ2) is 10.3. The van der Waals surface area contributed by atoms with Gasteiger partial charge in [-0.1, -0.05) is 111 Å². The average molecular weight is 654 g/mol. The molecule has 0 saturated carbocycles. The maximum Gasteiger partial charge on any atom is 0.160 e. The fourth-order valence-corrected chi connectivity index (χ4v) is 8.81. The summed E-state index contributed by atoms with van der Waals surface area (Å²) in [5.74, 6) is 0.719. The van der Waals surface area contributed by atoms with Crippen LogP contribution < -0.4 is 0 Å². The third-order valence-corrected chi connectivity index (χ3v) is 11.0. The van der Waals surface area contributed by atoms with Gasteiger partial charge in [0.2, 0.25) is 0 Å². The summed E-state index contributed by atoms with van der Waals surface area (Å²) in [5, 5.41) is 6.01. The summed E-state index contributed by atoms with van der Waals surface area (Å²) in [6.07, 6.45) is 0. The minimum absolute atomic E-state index is 0.251. The molecule has 51 heavy (non-hydrogen) atoms. The molecule has 0 saturated heterocycles. The molecule has 0 bridgehead atoms. The quantitative estimate of drug-likeness (QED) is 0.191. The lowest BCUT2D eigenvalue weighted by molar-refractivity contribution is 0.660. The van der Waals surface area contributed by atoms with E-state index in [2.05, 4.69) is 146 Å². The molecule has 11 rings (SSSR count). The standard InChI is InChI=1S/C47H31N3O/c1-47(2)43-31(32-25-27-40-42(44(32)47)35-16-8-11-19-39(35)51-40)24-26-38-41(43)34-15-7-10-18-37(34)50(38)30-22-20-29(21-23-30)46-48-36-17-9-6-14-33(36)45(49-46)28-12-4-3-5-13-28/h3-27H,1-2H3. The van der Waals surface area contributed by atoms with Crippen molar-refractivity contribution in [3.05, 3.63) is 163 Å². The van der Waals surface area contributed by atoms with E-state index in [0.29, 0.717) is 0 Å². The predicted molar refractivity (Wildman–Crippen MR) is 210 cm³/mol. The van der Waals surface area contributed by atoms with E-state index in [0.717, 1.165) is 50.4 Å². The van der Waals surface area contributed by atoms with Gasteiger partial charge < -0.3 is 8.98 Å². The van der Waals surface area contributed by atoms with E-state index in [-0.39, 0.29) is 5.41 Å². The molecule has 1 aliphatic carbocycles. The van der Waals surface area contributed by atoms with Crippen molar-refractivity contribution in [3.63, 3.8) is 0 Å². The van der Waals surface area contributed by atoms with Crippen molar-refractivity contribution in [2.75, 3.05) is 0 Å². The molecule has 10 aromatic rings. The number of nitrogens with zero attached hydrogens (tertiary/aromatic N) is 3. The topological polar surface area (TPSA) is 43.9 Å². The molecule has 0 fully saturated rings. The first-order chi connectivity index (χ1) is 25.1. The van der Waals surface area contributed by atoms with E-state index in [9.17, 15) is 0 Å². The van der Waals surface area contributed by atoms with Crippen LogP contribution in [0.1, 0.15) is 25.0 Å². The Kier molecular flexibility index (Phi) is 5.70. The molecule has 0 atom stereocenters. The summed E-state index contributed by atoms with van der Waals surface area (Å²) < 4.78 is 8.78. The molecule has 4 nitrogen and oxygen atoms in total. The van der Waals surface area contributed by atoms with E-state index < -0.39 is 0 Å². The van der Waals surface area contributed by atoms with Gasteiger partial charge in [-0.15, -0.1) is 0 Å². The van der Waals surface area contributed by atoms with Gasteiger partial charge in [-0.25, -0.2) is 9.97 Å². The van der Waals surface area contributed by atoms with Crippen LogP contribution in [0.25, 0.3) is 94.1 Å². The number of hydrogen-bond acceptors (Lipinski definition) is 3. The molecule has 240 valence electrons. The van der Waals surface area contributed by atoms with Crippen molar-refractivity contribution in [1.82, 2.24) is 14.5 Å². The fourth-order valence-electron chi connectivity index (χ4n) is 8.81. The Morgan fingerprint density at radius 3 is 1.98 bits per heavy atom. The maximum absolute atomic E-state index is 6.37. The van der Waals surface area contributed by atoms with Crippen LogP contribution >= 0.6 is 0 Å². The van der Waals surface area contributed by atoms with Crippen LogP contribution in [0.5, 0.6) is 0 Å². The maximum atomic E-state index is 6.37. The van der Waals surface area contributed by atoms with Crippen molar-refractivity contribution in [1.29, 1.82) is 0 Å². The third kappa shape index (κ3) is 3.90. The third-order valence-electron chi connectivity index (χ3n) is 11.0. The molecular weight excluding hydrogens is 623 g/mol. The number of rotatable bonds is 3. The van der Waals surface area contributed by atoms with Crippen molar-refractivity contribution in [3.8, 4) is 39.5 Å². The van der Waals surface area contributed by atoms with Crippen LogP contribution in [0, 0.1) is 0 Å². The van der Waals surface area contributed by atoms with E-state index >= 15 is 0 Å². The molecule has 0 aliphatic heterocycles. The van der Waals surface area contributed by atoms with Gasteiger partial charge in [0.15, 0.2) is 5.82 Å². The number of furan rings is 1. The lowest BCUT2D eigenvalue weighted by atomic mass is 9.79. The molecule has 0 amide bonds. The van der Waals surface area contributed by atoms with Gasteiger partial charge in [-0.2, -0.15) is 0 Å². The van der Waals surface area contributed by atoms with Crippen molar-refractivity contribution >= 4 is 54.6 Å². The SMILES string of the molecule is CC1(C)c2c(ccc3oc4ccccc4c23)-c2ccc3c(c21)c1ccccc1n3-c1ccc(-c2nc(-c3ccccc3)c3ccccc3n2)cc1. The zero-order chi connectivity index (χ0) is 33.8. The van der Waals surface area contributed by atoms with Crippen molar-refractivity contribution < 1.29 is 4.42 Å². The number of para-hydroxylation sites is 3. The number of benzene rings is 7. The Hall–Kier alpha value is -6.52. The van der Waals surface area contributed by atoms with Gasteiger partial charge in [0.05, 0.1) is 22.2 Å². The molecule has 0 N–H and O–H groups in total. The summed E-state index contributed by atoms with van der Waals surface area (Å²) >= 11 is 0. The average Bonchev–Trinajstić information content (AvgIpc) is 3.80. The van der Waals surface area contributed by atoms with Crippen LogP contribution in [-0.4, -0.2) is 14.5 Å². The molecule has 3 aromatic heterocycles. The molecule has 1 aliphatic rings. The van der Waals surface area contributed by atoms with Gasteiger partial charge in [0, 0.05) is 49.2 Å². The van der Waals surface area contributed by atoms with Crippen LogP contribution in [0.2, 0.25) is 0 Å². The minimum atomic E-state index is -0.251. The number of fused-ring (bicyclic) bond motifs is 12. The Morgan fingerprint density at radius 1 is 0.490 bits per heavy atom. The summed E-state index contributed by atoms with van der Waals surface area (Å²) in [6.45, 7) is 4.76. The highest BCUT2D eigenvalue weighted by molar-refractivity contribution is 6.17. The monoisotopic (exact) mass is 653 g/mol. The van der Waals surface area contributed by atoms with Crippen LogP contribution in [-0.2, 0) is 5.41 Å². The Labute approximate surface area is 294 Å². The lowest BCUT2D eigenvalue weighted by Crippen LogP contribution is -2.16. The first-order valence-electron chi connectivity index (χ1n) is 17.5. The first-order valence-corrected chi connectivity index (χ1v) is 17.5. The van der Waals surface area contributed by atoms with E-state index in [1.807, 2.05) is 24.3 Å². The molecular formula is C47H31N3O. The van der Waals surface area contributed by atoms with Gasteiger partial charge in [0.1, 0.15) is 11.2 Å². The summed E-state index contributed by atoms with van der Waals surface area (Å²) in [4.78, 5) is 10.1. The lowest BCUT2D eigenvalue weighted by Gasteiger charge is -2.23. The molecule has 7 aromatic carbocycles. The Morgan fingerprint density at radius 2 is 1.16 bits per heavy atom. The minimum Gasteiger partial charge on any atom is -0.456 e. The molecule has 0 spiro atoms. The molecule has 4 heteroatoms. The van der Waals surface area contributed by atoms with E-state index in [4.69, 9.17) is 14.4 Å². The molecule has 0 unspecified atom stereocenters. The molecule has 3 heterocycles. The first kappa shape index (κ1) is 28.3. The predicted octanol–water partition coefficient (Wildman–Crippen LogP) is 12.3. The normalized spacial score (nSPS) is 13.5. The highest BCUT2D eigenvalue weighted by atomic mass is 16.3. The van der Waals surface area contributed by atoms with Crippen molar-refractivity contribution in [2.24, 2.45) is 0 Å². The fraction of sp³-hybridized carbons (Fsp3) is 0.0638. The highest BCUT2D eigenvalue weighted by Gasteiger charge is 2.40. The zero-order valence-electron chi connectivity index (χ0n) is 28.2. The van der Waals surface area contributed by atoms with Gasteiger partial charge in [-0.3, -0.25) is 0 Å². The summed E-state index contributed by atoms with van der Waals surface area (Å²) in [5.41, 5.74) is 14.4. The Balaban J connectivity index is 1.10. The second-order valence-corrected chi connectivity index (χ2v) is 14.1.